The standard InChI is InChI=1S/C18H20FN3O4.C15H13NO3/c1-10-9-26-17-14-11(16(23)12(18(24)25)8-22(10)14)7-13(19)15(17)21-5-3-20(2)4-6-21;17-14(10-4-2-1-3-5-10)13-7-6-12-11(15(18)19)8-9-16(12)13/h7-8,10H,3-6,9H2,1-2H3,(H,24,25);1-7,11H,8-9H2,(H,18,19). The zero-order chi connectivity index (χ0) is 32.0. The summed E-state index contributed by atoms with van der Waals surface area (Å²) in [6, 6.07) is 13.5. The number of ether oxygens (including phenoxy) is 1. The van der Waals surface area contributed by atoms with Crippen molar-refractivity contribution in [3.8, 4) is 5.75 Å². The number of carbonyl (C=O) groups excluding carboxylic acids is 1. The molecular weight excluding hydrogens is 583 g/mol. The van der Waals surface area contributed by atoms with Crippen molar-refractivity contribution >= 4 is 34.3 Å². The molecule has 5 heterocycles. The van der Waals surface area contributed by atoms with Crippen LogP contribution in [-0.4, -0.2) is 81.8 Å². The summed E-state index contributed by atoms with van der Waals surface area (Å²) in [7, 11) is 2.02. The fourth-order valence-electron chi connectivity index (χ4n) is 6.32. The third-order valence-corrected chi connectivity index (χ3v) is 8.77. The number of ketones is 1. The molecule has 45 heavy (non-hydrogen) atoms. The smallest absolute Gasteiger partial charge is 0.341 e. The molecule has 2 aromatic carbocycles. The third-order valence-electron chi connectivity index (χ3n) is 8.77. The molecule has 2 atom stereocenters. The molecule has 0 saturated carbocycles. The summed E-state index contributed by atoms with van der Waals surface area (Å²) in [6.07, 6.45) is 1.90. The van der Waals surface area contributed by atoms with Gasteiger partial charge >= 0.3 is 11.9 Å². The number of hydrogen-bond donors (Lipinski definition) is 2. The van der Waals surface area contributed by atoms with Gasteiger partial charge in [-0.1, -0.05) is 30.3 Å². The number of rotatable bonds is 5. The maximum absolute atomic E-state index is 15.0. The normalized spacial score (nSPS) is 19.0. The zero-order valence-electron chi connectivity index (χ0n) is 24.9. The molecule has 4 aromatic rings. The van der Waals surface area contributed by atoms with Crippen molar-refractivity contribution in [2.24, 2.45) is 0 Å². The number of likely N-dealkylation sites (N-methyl/N-ethyl adjacent to an activating group) is 1. The van der Waals surface area contributed by atoms with E-state index in [-0.39, 0.29) is 29.4 Å². The summed E-state index contributed by atoms with van der Waals surface area (Å²) in [6.45, 7) is 5.67. The van der Waals surface area contributed by atoms with Crippen LogP contribution in [0.1, 0.15) is 57.4 Å². The van der Waals surface area contributed by atoms with Gasteiger partial charge in [-0.2, -0.15) is 0 Å². The fraction of sp³-hybridized carbons (Fsp3) is 0.333. The number of hydrogen-bond acceptors (Lipinski definition) is 7. The van der Waals surface area contributed by atoms with Gasteiger partial charge in [0.1, 0.15) is 17.9 Å². The molecular formula is C33H33FN4O7. The minimum absolute atomic E-state index is 0.0434. The Hall–Kier alpha value is -4.97. The number of nitrogens with zero attached hydrogens (tertiary/aromatic N) is 4. The van der Waals surface area contributed by atoms with Gasteiger partial charge in [-0.3, -0.25) is 14.4 Å². The molecule has 0 radical (unpaired) electrons. The van der Waals surface area contributed by atoms with Gasteiger partial charge in [0.05, 0.1) is 28.6 Å². The monoisotopic (exact) mass is 616 g/mol. The van der Waals surface area contributed by atoms with E-state index in [9.17, 15) is 28.7 Å². The van der Waals surface area contributed by atoms with Crippen LogP contribution in [0.2, 0.25) is 0 Å². The number of fused-ring (bicyclic) bond motifs is 1. The average Bonchev–Trinajstić information content (AvgIpc) is 3.63. The molecule has 2 aromatic heterocycles. The Morgan fingerprint density at radius 3 is 2.36 bits per heavy atom. The second-order valence-electron chi connectivity index (χ2n) is 11.6. The minimum Gasteiger partial charge on any atom is -0.487 e. The van der Waals surface area contributed by atoms with Gasteiger partial charge in [-0.25, -0.2) is 9.18 Å². The summed E-state index contributed by atoms with van der Waals surface area (Å²) < 4.78 is 24.4. The van der Waals surface area contributed by atoms with Crippen molar-refractivity contribution in [2.75, 3.05) is 44.7 Å². The number of aromatic nitrogens is 2. The van der Waals surface area contributed by atoms with Gasteiger partial charge in [0, 0.05) is 50.2 Å². The largest absolute Gasteiger partial charge is 0.487 e. The zero-order valence-corrected chi connectivity index (χ0v) is 24.9. The van der Waals surface area contributed by atoms with Crippen molar-refractivity contribution < 1.29 is 33.7 Å². The molecule has 7 rings (SSSR count). The number of benzene rings is 2. The first-order valence-electron chi connectivity index (χ1n) is 14.8. The molecule has 0 bridgehead atoms. The van der Waals surface area contributed by atoms with Gasteiger partial charge in [0.2, 0.25) is 11.2 Å². The lowest BCUT2D eigenvalue weighted by atomic mass is 10.1. The maximum atomic E-state index is 15.0. The summed E-state index contributed by atoms with van der Waals surface area (Å²) in [5.41, 5.74) is 1.71. The van der Waals surface area contributed by atoms with Crippen molar-refractivity contribution in [2.45, 2.75) is 31.8 Å². The van der Waals surface area contributed by atoms with Crippen LogP contribution in [0.25, 0.3) is 10.9 Å². The third kappa shape index (κ3) is 5.35. The second-order valence-corrected chi connectivity index (χ2v) is 11.6. The predicted molar refractivity (Wildman–Crippen MR) is 164 cm³/mol. The van der Waals surface area contributed by atoms with E-state index in [0.717, 1.165) is 24.8 Å². The number of halogens is 1. The van der Waals surface area contributed by atoms with Crippen LogP contribution in [0.5, 0.6) is 5.75 Å². The molecule has 1 fully saturated rings. The Labute approximate surface area is 257 Å². The van der Waals surface area contributed by atoms with Crippen molar-refractivity contribution in [3.05, 3.63) is 93.3 Å². The summed E-state index contributed by atoms with van der Waals surface area (Å²) >= 11 is 0. The number of pyridine rings is 1. The Bertz CT molecular complexity index is 1880. The topological polar surface area (TPSA) is 134 Å². The summed E-state index contributed by atoms with van der Waals surface area (Å²) in [5.74, 6) is -2.91. The molecule has 0 amide bonds. The highest BCUT2D eigenvalue weighted by molar-refractivity contribution is 6.08. The number of piperazine rings is 1. The Kier molecular flexibility index (Phi) is 7.92. The lowest BCUT2D eigenvalue weighted by Crippen LogP contribution is -2.45. The highest BCUT2D eigenvalue weighted by atomic mass is 19.1. The highest BCUT2D eigenvalue weighted by Crippen LogP contribution is 2.42. The van der Waals surface area contributed by atoms with Crippen LogP contribution in [0.3, 0.4) is 0 Å². The highest BCUT2D eigenvalue weighted by Gasteiger charge is 2.32. The van der Waals surface area contributed by atoms with Gasteiger partial charge in [0.25, 0.3) is 0 Å². The van der Waals surface area contributed by atoms with E-state index in [0.29, 0.717) is 54.3 Å². The first-order valence-corrected chi connectivity index (χ1v) is 14.8. The molecule has 1 saturated heterocycles. The molecule has 12 heteroatoms. The maximum Gasteiger partial charge on any atom is 0.341 e. The number of carbonyl (C=O) groups is 3. The molecule has 3 aliphatic rings. The van der Waals surface area contributed by atoms with Crippen molar-refractivity contribution in [1.29, 1.82) is 0 Å². The van der Waals surface area contributed by atoms with Crippen molar-refractivity contribution in [1.82, 2.24) is 14.0 Å². The minimum atomic E-state index is -1.32. The first kappa shape index (κ1) is 30.1. The molecule has 2 N–H and O–H groups in total. The van der Waals surface area contributed by atoms with Gasteiger partial charge in [-0.05, 0) is 38.6 Å². The Balaban J connectivity index is 0.000000167. The lowest BCUT2D eigenvalue weighted by molar-refractivity contribution is -0.138. The van der Waals surface area contributed by atoms with E-state index < -0.39 is 29.1 Å². The van der Waals surface area contributed by atoms with E-state index in [1.807, 2.05) is 41.6 Å². The number of carboxylic acid groups (broad SMARTS) is 2. The van der Waals surface area contributed by atoms with E-state index in [1.165, 1.54) is 6.20 Å². The fourth-order valence-corrected chi connectivity index (χ4v) is 6.32. The van der Waals surface area contributed by atoms with E-state index in [2.05, 4.69) is 4.90 Å². The van der Waals surface area contributed by atoms with E-state index >= 15 is 0 Å². The number of carboxylic acids is 2. The Morgan fingerprint density at radius 1 is 0.978 bits per heavy atom. The summed E-state index contributed by atoms with van der Waals surface area (Å²) in [4.78, 5) is 51.6. The van der Waals surface area contributed by atoms with Crippen LogP contribution in [0, 0.1) is 5.82 Å². The molecule has 234 valence electrons. The first-order chi connectivity index (χ1) is 21.6. The van der Waals surface area contributed by atoms with Crippen LogP contribution < -0.4 is 15.1 Å². The SMILES string of the molecule is CC1COc2c(N3CCN(C)CC3)c(F)cc3c(=O)c(C(=O)O)cn1c23.O=C(c1ccccc1)c1ccc2n1CCC2C(=O)O. The van der Waals surface area contributed by atoms with E-state index in [4.69, 9.17) is 9.84 Å². The second kappa shape index (κ2) is 11.8. The number of aliphatic carboxylic acids is 1. The van der Waals surface area contributed by atoms with Gasteiger partial charge < -0.3 is 33.9 Å². The Morgan fingerprint density at radius 2 is 1.69 bits per heavy atom. The number of aromatic carboxylic acids is 1. The van der Waals surface area contributed by atoms with Crippen molar-refractivity contribution in [3.63, 3.8) is 0 Å². The molecule has 2 unspecified atom stereocenters. The molecule has 11 nitrogen and oxygen atoms in total. The van der Waals surface area contributed by atoms with Gasteiger partial charge in [0.15, 0.2) is 11.6 Å². The molecule has 0 spiro atoms. The van der Waals surface area contributed by atoms with Crippen LogP contribution in [-0.2, 0) is 11.3 Å². The average molecular weight is 617 g/mol. The molecule has 0 aliphatic carbocycles. The van der Waals surface area contributed by atoms with Crippen LogP contribution in [0.4, 0.5) is 10.1 Å². The molecule has 3 aliphatic heterocycles. The van der Waals surface area contributed by atoms with Gasteiger partial charge in [-0.15, -0.1) is 0 Å². The van der Waals surface area contributed by atoms with Crippen LogP contribution >= 0.6 is 0 Å². The number of anilines is 1. The summed E-state index contributed by atoms with van der Waals surface area (Å²) in [5, 5.41) is 18.5. The lowest BCUT2D eigenvalue weighted by Gasteiger charge is -2.37. The van der Waals surface area contributed by atoms with Crippen LogP contribution in [0.15, 0.2) is 59.5 Å². The quantitative estimate of drug-likeness (QED) is 0.321. The van der Waals surface area contributed by atoms with E-state index in [1.54, 1.807) is 28.8 Å². The predicted octanol–water partition coefficient (Wildman–Crippen LogP) is 3.84.